The fourth-order valence-corrected chi connectivity index (χ4v) is 8.47. The number of rotatable bonds is 9. The quantitative estimate of drug-likeness (QED) is 0.136. The van der Waals surface area contributed by atoms with Crippen LogP contribution in [0.1, 0.15) is 43.0 Å². The lowest BCUT2D eigenvalue weighted by Crippen LogP contribution is -2.39. The summed E-state index contributed by atoms with van der Waals surface area (Å²) < 4.78 is 24.8. The number of para-hydroxylation sites is 1. The van der Waals surface area contributed by atoms with Gasteiger partial charge in [-0.15, -0.1) is 0 Å². The van der Waals surface area contributed by atoms with Gasteiger partial charge in [-0.3, -0.25) is 29.6 Å². The van der Waals surface area contributed by atoms with E-state index >= 15 is 0 Å². The van der Waals surface area contributed by atoms with Crippen LogP contribution in [0.25, 0.3) is 0 Å². The Morgan fingerprint density at radius 1 is 0.814 bits per heavy atom. The van der Waals surface area contributed by atoms with Crippen molar-refractivity contribution in [2.24, 2.45) is 4.99 Å². The first-order valence-electron chi connectivity index (χ1n) is 19.3. The Morgan fingerprint density at radius 2 is 1.47 bits per heavy atom. The monoisotopic (exact) mass is 783 g/mol. The number of amides is 2. The molecule has 0 aromatic heterocycles. The fourth-order valence-electron chi connectivity index (χ4n) is 8.47. The largest absolute Gasteiger partial charge is 0.497 e. The van der Waals surface area contributed by atoms with E-state index in [0.717, 1.165) is 22.5 Å². The van der Waals surface area contributed by atoms with Gasteiger partial charge in [0, 0.05) is 61.1 Å². The molecule has 13 nitrogen and oxygen atoms in total. The van der Waals surface area contributed by atoms with Crippen LogP contribution < -0.4 is 34.1 Å². The normalized spacial score (nSPS) is 17.5. The van der Waals surface area contributed by atoms with Gasteiger partial charge in [-0.2, -0.15) is 0 Å². The second kappa shape index (κ2) is 13.9. The summed E-state index contributed by atoms with van der Waals surface area (Å²) in [7, 11) is 10.2. The summed E-state index contributed by atoms with van der Waals surface area (Å²) in [5.74, 6) is 0.930. The zero-order valence-electron chi connectivity index (χ0n) is 33.4. The van der Waals surface area contributed by atoms with Gasteiger partial charge in [0.2, 0.25) is 0 Å². The minimum Gasteiger partial charge on any atom is -0.497 e. The summed E-state index contributed by atoms with van der Waals surface area (Å²) in [5, 5.41) is 13.5. The average molecular weight is 783 g/mol. The van der Waals surface area contributed by atoms with Gasteiger partial charge in [-0.25, -0.2) is 0 Å². The molecule has 5 aromatic rings. The van der Waals surface area contributed by atoms with Crippen molar-refractivity contribution in [1.82, 2.24) is 0 Å². The third-order valence-corrected chi connectivity index (χ3v) is 11.6. The summed E-state index contributed by atoms with van der Waals surface area (Å²) in [6.07, 6.45) is 3.10. The maximum atomic E-state index is 14.0. The average Bonchev–Trinajstić information content (AvgIpc) is 3.71. The van der Waals surface area contributed by atoms with Gasteiger partial charge in [0.05, 0.1) is 70.2 Å². The Balaban J connectivity index is 1.02. The smallest absolute Gasteiger partial charge is 0.270 e. The number of nitro groups is 1. The summed E-state index contributed by atoms with van der Waals surface area (Å²) in [4.78, 5) is 48.3. The number of aliphatic imine (C=N–C) groups is 1. The molecule has 0 aliphatic carbocycles. The molecule has 4 aliphatic heterocycles. The minimum absolute atomic E-state index is 0.102. The molecule has 9 rings (SSSR count). The topological polar surface area (TPSA) is 145 Å². The van der Waals surface area contributed by atoms with Crippen molar-refractivity contribution in [3.63, 3.8) is 0 Å². The number of hydrogen-bond acceptors (Lipinski definition) is 10. The number of ether oxygens (including phenoxy) is 4. The summed E-state index contributed by atoms with van der Waals surface area (Å²) in [6, 6.07) is 28.7. The molecule has 4 heterocycles. The zero-order valence-corrected chi connectivity index (χ0v) is 33.4. The van der Waals surface area contributed by atoms with Crippen molar-refractivity contribution in [2.45, 2.75) is 35.7 Å². The van der Waals surface area contributed by atoms with Gasteiger partial charge < -0.3 is 29.2 Å². The van der Waals surface area contributed by atoms with Crippen molar-refractivity contribution < 1.29 is 33.5 Å². The number of nitrogens with zero attached hydrogens (tertiary/aromatic N) is 4. The van der Waals surface area contributed by atoms with Gasteiger partial charge in [-0.1, -0.05) is 36.4 Å². The first-order chi connectivity index (χ1) is 28.3. The SMILES string of the molecule is BC(B)(Oc1cc2c(cc1OC)C(=O)N1c3ccccc3C[C@H]1C=N2)c1cc([N+](=O)[O-])cc(C(B)(B)Oc2cc3c(cc2OC)C(=O)N2c4ccc#cc4C[C@H]2CN3)c1. The Bertz CT molecular complexity index is 2640. The van der Waals surface area contributed by atoms with Crippen molar-refractivity contribution in [3.05, 3.63) is 134 Å². The van der Waals surface area contributed by atoms with Crippen LogP contribution in [0.4, 0.5) is 28.4 Å². The molecule has 1 N–H and O–H groups in total. The first-order valence-corrected chi connectivity index (χ1v) is 19.3. The summed E-state index contributed by atoms with van der Waals surface area (Å²) in [5.41, 5.74) is 6.34. The third-order valence-electron chi connectivity index (χ3n) is 11.6. The van der Waals surface area contributed by atoms with E-state index in [4.69, 9.17) is 23.9 Å². The van der Waals surface area contributed by atoms with E-state index in [1.807, 2.05) is 52.1 Å². The van der Waals surface area contributed by atoms with Crippen molar-refractivity contribution >= 4 is 77.9 Å². The van der Waals surface area contributed by atoms with E-state index in [2.05, 4.69) is 17.4 Å². The van der Waals surface area contributed by atoms with Crippen LogP contribution >= 0.6 is 0 Å². The highest BCUT2D eigenvalue weighted by atomic mass is 16.6. The molecule has 0 fully saturated rings. The van der Waals surface area contributed by atoms with E-state index in [-0.39, 0.29) is 29.6 Å². The lowest BCUT2D eigenvalue weighted by molar-refractivity contribution is -0.385. The van der Waals surface area contributed by atoms with Crippen LogP contribution in [-0.4, -0.2) is 87.2 Å². The van der Waals surface area contributed by atoms with Crippen LogP contribution in [0.3, 0.4) is 0 Å². The number of nitro benzene ring substituents is 1. The summed E-state index contributed by atoms with van der Waals surface area (Å²) >= 11 is 0. The van der Waals surface area contributed by atoms with Gasteiger partial charge in [0.1, 0.15) is 0 Å². The molecule has 5 aromatic carbocycles. The molecular formula is C42H37B4N5O8. The molecule has 2 amide bonds. The number of methoxy groups -OCH3 is 2. The number of carbonyl (C=O) groups is 2. The second-order valence-electron chi connectivity index (χ2n) is 16.1. The molecular weight excluding hydrogens is 746 g/mol. The molecule has 0 unspecified atom stereocenters. The predicted molar refractivity (Wildman–Crippen MR) is 234 cm³/mol. The highest BCUT2D eigenvalue weighted by Gasteiger charge is 2.40. The molecule has 17 heteroatoms. The zero-order chi connectivity index (χ0) is 41.4. The molecule has 4 aliphatic rings. The Labute approximate surface area is 344 Å². The molecule has 0 radical (unpaired) electrons. The third kappa shape index (κ3) is 6.39. The Hall–Kier alpha value is -6.81. The number of carbonyl (C=O) groups excluding carboxylic acids is 2. The van der Waals surface area contributed by atoms with Crippen LogP contribution in [0.2, 0.25) is 0 Å². The number of non-ortho nitro benzene ring substituents is 1. The van der Waals surface area contributed by atoms with E-state index in [1.54, 1.807) is 62.0 Å². The van der Waals surface area contributed by atoms with E-state index in [9.17, 15) is 19.7 Å². The lowest BCUT2D eigenvalue weighted by atomic mass is 9.57. The maximum absolute atomic E-state index is 14.0. The number of fused-ring (bicyclic) bond motifs is 8. The number of hydrogen-bond donors (Lipinski definition) is 1. The number of nitrogens with one attached hydrogen (secondary N) is 1. The van der Waals surface area contributed by atoms with E-state index in [0.29, 0.717) is 76.0 Å². The van der Waals surface area contributed by atoms with Gasteiger partial charge >= 0.3 is 0 Å². The first kappa shape index (κ1) is 37.7. The van der Waals surface area contributed by atoms with Crippen molar-refractivity contribution in [3.8, 4) is 23.0 Å². The lowest BCUT2D eigenvalue weighted by Gasteiger charge is -2.32. The molecule has 0 saturated carbocycles. The van der Waals surface area contributed by atoms with Gasteiger partial charge in [0.15, 0.2) is 54.4 Å². The van der Waals surface area contributed by atoms with Crippen LogP contribution in [0, 0.1) is 22.2 Å². The Kier molecular flexibility index (Phi) is 8.92. The predicted octanol–water partition coefficient (Wildman–Crippen LogP) is 2.41. The number of anilines is 3. The molecule has 0 spiro atoms. The molecule has 0 bridgehead atoms. The van der Waals surface area contributed by atoms with Crippen LogP contribution in [-0.2, 0) is 23.6 Å². The van der Waals surface area contributed by atoms with Crippen LogP contribution in [0.15, 0.2) is 83.9 Å². The minimum atomic E-state index is -1.16. The van der Waals surface area contributed by atoms with Gasteiger partial charge in [0.25, 0.3) is 17.5 Å². The van der Waals surface area contributed by atoms with Crippen molar-refractivity contribution in [2.75, 3.05) is 35.9 Å². The van der Waals surface area contributed by atoms with E-state index in [1.165, 1.54) is 26.4 Å². The molecule has 290 valence electrons. The number of benzene rings is 4. The highest BCUT2D eigenvalue weighted by molar-refractivity contribution is 6.40. The molecule has 59 heavy (non-hydrogen) atoms. The highest BCUT2D eigenvalue weighted by Crippen LogP contribution is 2.44. The molecule has 0 saturated heterocycles. The van der Waals surface area contributed by atoms with Crippen molar-refractivity contribution in [1.29, 1.82) is 0 Å². The maximum Gasteiger partial charge on any atom is 0.270 e. The second-order valence-corrected chi connectivity index (χ2v) is 16.1. The van der Waals surface area contributed by atoms with E-state index < -0.39 is 15.7 Å². The van der Waals surface area contributed by atoms with Gasteiger partial charge in [-0.05, 0) is 47.0 Å². The molecule has 2 atom stereocenters. The summed E-state index contributed by atoms with van der Waals surface area (Å²) in [6.45, 7) is 0.505. The standard InChI is InChI=1S/C42H37B4N5O8/c1-56-35-16-29-31(47-20-27-11-22-7-3-5-9-33(22)49(27)39(29)52)18-37(35)58-41(43,44)24-13-25(15-26(14-24)51(54)55)42(45,46)59-38-19-32-30(17-36(38)57-2)40(53)50-28(21-48-32)12-23-8-4-6-10-34(23)50/h3,5-7,9-10,13-20,27-28,48H,11-12,21,43-46H2,1-2H3/t27-,28-/m0/s1. The Morgan fingerprint density at radius 3 is 2.17 bits per heavy atom. The fraction of sp³-hybridized carbons (Fsp3) is 0.214. The van der Waals surface area contributed by atoms with Crippen LogP contribution in [0.5, 0.6) is 23.0 Å².